The predicted octanol–water partition coefficient (Wildman–Crippen LogP) is 3.56. The lowest BCUT2D eigenvalue weighted by Gasteiger charge is -2.26. The molecule has 0 bridgehead atoms. The summed E-state index contributed by atoms with van der Waals surface area (Å²) in [7, 11) is 1.58. The first kappa shape index (κ1) is 24.5. The number of nitrogens with one attached hydrogen (secondary N) is 2. The molecular weight excluding hydrogens is 514 g/mol. The van der Waals surface area contributed by atoms with Gasteiger partial charge in [0.25, 0.3) is 5.91 Å². The molecule has 202 valence electrons. The first-order chi connectivity index (χ1) is 19.5. The molecule has 4 N–H and O–H groups in total. The zero-order valence-corrected chi connectivity index (χ0v) is 21.7. The van der Waals surface area contributed by atoms with Gasteiger partial charge in [-0.1, -0.05) is 24.3 Å². The number of H-pyrrole nitrogens is 1. The molecule has 5 aromatic rings. The Kier molecular flexibility index (Phi) is 5.53. The lowest BCUT2D eigenvalue weighted by molar-refractivity contribution is 0.0964. The van der Waals surface area contributed by atoms with E-state index in [1.165, 1.54) is 0 Å². The number of benzene rings is 2. The number of amides is 1. The van der Waals surface area contributed by atoms with Crippen molar-refractivity contribution in [3.8, 4) is 11.3 Å². The lowest BCUT2D eigenvalue weighted by atomic mass is 9.90. The van der Waals surface area contributed by atoms with Gasteiger partial charge < -0.3 is 16.0 Å². The van der Waals surface area contributed by atoms with E-state index in [-0.39, 0.29) is 24.3 Å². The van der Waals surface area contributed by atoms with Crippen LogP contribution in [0.25, 0.3) is 33.3 Å². The molecule has 1 saturated carbocycles. The minimum absolute atomic E-state index is 0.0927. The zero-order valence-electron chi connectivity index (χ0n) is 21.7. The third-order valence-corrected chi connectivity index (χ3v) is 8.70. The molecule has 3 atom stereocenters. The van der Waals surface area contributed by atoms with Crippen molar-refractivity contribution in [3.05, 3.63) is 77.6 Å². The molecule has 4 heterocycles. The summed E-state index contributed by atoms with van der Waals surface area (Å²) in [6.07, 6.45) is 4.16. The monoisotopic (exact) mass is 540 g/mol. The van der Waals surface area contributed by atoms with Gasteiger partial charge in [-0.2, -0.15) is 5.10 Å². The van der Waals surface area contributed by atoms with E-state index < -0.39 is 17.0 Å². The van der Waals surface area contributed by atoms with Gasteiger partial charge in [0.05, 0.1) is 17.3 Å². The Balaban J connectivity index is 1.21. The van der Waals surface area contributed by atoms with Crippen molar-refractivity contribution in [3.63, 3.8) is 0 Å². The van der Waals surface area contributed by atoms with E-state index in [4.69, 9.17) is 15.7 Å². The summed E-state index contributed by atoms with van der Waals surface area (Å²) in [5, 5.41) is 11.0. The number of carbonyl (C=O) groups is 1. The van der Waals surface area contributed by atoms with Gasteiger partial charge in [0.15, 0.2) is 17.3 Å². The Morgan fingerprint density at radius 2 is 2.02 bits per heavy atom. The largest absolute Gasteiger partial charge is 0.355 e. The number of anilines is 1. The molecule has 0 radical (unpaired) electrons. The molecular formula is C29H26F2N8O. The van der Waals surface area contributed by atoms with E-state index in [0.29, 0.717) is 52.4 Å². The molecule has 3 aromatic heterocycles. The zero-order chi connectivity index (χ0) is 27.6. The number of piperidine rings is 1. The average molecular weight is 541 g/mol. The Morgan fingerprint density at radius 3 is 2.85 bits per heavy atom. The maximum atomic E-state index is 14.8. The van der Waals surface area contributed by atoms with Crippen LogP contribution in [0.3, 0.4) is 0 Å². The van der Waals surface area contributed by atoms with Crippen LogP contribution in [0.2, 0.25) is 0 Å². The number of rotatable bonds is 5. The third kappa shape index (κ3) is 3.43. The van der Waals surface area contributed by atoms with Crippen LogP contribution < -0.4 is 16.0 Å². The molecule has 1 amide bonds. The summed E-state index contributed by atoms with van der Waals surface area (Å²) in [5.74, 6) is -0.893. The first-order valence-electron chi connectivity index (χ1n) is 13.2. The van der Waals surface area contributed by atoms with Crippen LogP contribution in [0.15, 0.2) is 54.9 Å². The molecule has 9 nitrogen and oxygen atoms in total. The Labute approximate surface area is 227 Å². The van der Waals surface area contributed by atoms with E-state index in [0.717, 1.165) is 23.4 Å². The van der Waals surface area contributed by atoms with Crippen molar-refractivity contribution >= 4 is 33.8 Å². The Bertz CT molecular complexity index is 1810. The molecule has 7 rings (SSSR count). The molecule has 2 aliphatic rings. The second-order valence-corrected chi connectivity index (χ2v) is 10.4. The second kappa shape index (κ2) is 9.02. The van der Waals surface area contributed by atoms with Crippen molar-refractivity contribution in [2.75, 3.05) is 31.6 Å². The van der Waals surface area contributed by atoms with Crippen LogP contribution in [0, 0.1) is 23.5 Å². The summed E-state index contributed by atoms with van der Waals surface area (Å²) >= 11 is 0. The summed E-state index contributed by atoms with van der Waals surface area (Å²) in [6, 6.07) is 11.6. The number of carbonyl (C=O) groups excluding carboxylic acids is 1. The minimum Gasteiger partial charge on any atom is -0.355 e. The number of aromatic amines is 1. The highest BCUT2D eigenvalue weighted by Gasteiger charge is 2.66. The molecule has 1 aliphatic heterocycles. The van der Waals surface area contributed by atoms with Gasteiger partial charge in [-0.05, 0) is 42.0 Å². The smallest absolute Gasteiger partial charge is 0.253 e. The average Bonchev–Trinajstić information content (AvgIpc) is 3.45. The van der Waals surface area contributed by atoms with Crippen molar-refractivity contribution in [1.82, 2.24) is 30.5 Å². The van der Waals surface area contributed by atoms with Crippen LogP contribution in [0.1, 0.15) is 22.3 Å². The van der Waals surface area contributed by atoms with Crippen LogP contribution >= 0.6 is 0 Å². The number of nitrogens with zero attached hydrogens (tertiary/aromatic N) is 5. The Morgan fingerprint density at radius 1 is 1.15 bits per heavy atom. The molecule has 0 spiro atoms. The van der Waals surface area contributed by atoms with Crippen LogP contribution in [0.5, 0.6) is 0 Å². The highest BCUT2D eigenvalue weighted by Crippen LogP contribution is 2.63. The number of fused-ring (bicyclic) bond motifs is 3. The van der Waals surface area contributed by atoms with Gasteiger partial charge >= 0.3 is 0 Å². The van der Waals surface area contributed by atoms with Crippen molar-refractivity contribution in [1.29, 1.82) is 0 Å². The number of aromatic nitrogens is 5. The van der Waals surface area contributed by atoms with Gasteiger partial charge in [0.2, 0.25) is 0 Å². The maximum absolute atomic E-state index is 14.8. The fourth-order valence-electron chi connectivity index (χ4n) is 6.69. The van der Waals surface area contributed by atoms with E-state index in [1.54, 1.807) is 37.6 Å². The van der Waals surface area contributed by atoms with E-state index in [2.05, 4.69) is 25.4 Å². The van der Waals surface area contributed by atoms with Gasteiger partial charge in [-0.25, -0.2) is 18.7 Å². The summed E-state index contributed by atoms with van der Waals surface area (Å²) < 4.78 is 28.8. The molecule has 0 unspecified atom stereocenters. The van der Waals surface area contributed by atoms with E-state index >= 15 is 0 Å². The molecule has 40 heavy (non-hydrogen) atoms. The molecule has 2 fully saturated rings. The van der Waals surface area contributed by atoms with E-state index in [1.807, 2.05) is 18.2 Å². The predicted molar refractivity (Wildman–Crippen MR) is 147 cm³/mol. The summed E-state index contributed by atoms with van der Waals surface area (Å²) in [4.78, 5) is 28.5. The van der Waals surface area contributed by atoms with Crippen LogP contribution in [-0.4, -0.2) is 57.7 Å². The number of hydrogen-bond acceptors (Lipinski definition) is 7. The minimum atomic E-state index is -0.843. The fourth-order valence-corrected chi connectivity index (χ4v) is 6.69. The number of nitrogens with two attached hydrogens (primary N) is 1. The number of hydrogen-bond donors (Lipinski definition) is 3. The second-order valence-electron chi connectivity index (χ2n) is 10.4. The Hall–Kier alpha value is -4.51. The number of pyridine rings is 1. The molecule has 2 aromatic carbocycles. The van der Waals surface area contributed by atoms with Crippen LogP contribution in [0.4, 0.5) is 14.6 Å². The van der Waals surface area contributed by atoms with E-state index in [9.17, 15) is 13.6 Å². The van der Waals surface area contributed by atoms with Crippen molar-refractivity contribution in [2.24, 2.45) is 17.6 Å². The fraction of sp³-hybridized carbons (Fsp3) is 0.276. The maximum Gasteiger partial charge on any atom is 0.253 e. The topological polar surface area (TPSA) is 126 Å². The van der Waals surface area contributed by atoms with Gasteiger partial charge in [0.1, 0.15) is 17.0 Å². The third-order valence-electron chi connectivity index (χ3n) is 8.70. The summed E-state index contributed by atoms with van der Waals surface area (Å²) in [5.41, 5.74) is 9.56. The SMILES string of the molecule is CNC(=O)c1ccc(-c2n[nH]c3nc(N4CC[C@@H]5[C@H](C4)[C@@]5(CN)c4cccc(F)c4F)cnc23)c2cccnc12. The molecule has 1 saturated heterocycles. The normalized spacial score (nSPS) is 21.9. The first-order valence-corrected chi connectivity index (χ1v) is 13.2. The lowest BCUT2D eigenvalue weighted by Crippen LogP contribution is -2.32. The van der Waals surface area contributed by atoms with Gasteiger partial charge in [0, 0.05) is 49.2 Å². The molecule has 11 heteroatoms. The quantitative estimate of drug-likeness (QED) is 0.311. The number of halogens is 2. The van der Waals surface area contributed by atoms with Crippen molar-refractivity contribution in [2.45, 2.75) is 11.8 Å². The van der Waals surface area contributed by atoms with Crippen LogP contribution in [-0.2, 0) is 5.41 Å². The van der Waals surface area contributed by atoms with Gasteiger partial charge in [-0.3, -0.25) is 14.9 Å². The standard InChI is InChI=1S/C29H26F2N8O/c1-33-28(40)17-8-7-16(15-4-3-10-34-24(15)17)25-26-27(38-37-25)36-22(12-35-26)39-11-9-18-20(13-39)29(18,14-32)19-5-2-6-21(30)23(19)31/h2-8,10,12,18,20H,9,11,13-14,32H2,1H3,(H,33,40)(H,36,37,38)/t18-,20+,29-/m1/s1. The summed E-state index contributed by atoms with van der Waals surface area (Å²) in [6.45, 7) is 1.58. The molecule has 1 aliphatic carbocycles. The highest BCUT2D eigenvalue weighted by molar-refractivity contribution is 6.10. The van der Waals surface area contributed by atoms with Crippen molar-refractivity contribution < 1.29 is 13.6 Å². The highest BCUT2D eigenvalue weighted by atomic mass is 19.2. The van der Waals surface area contributed by atoms with Gasteiger partial charge in [-0.15, -0.1) is 0 Å².